The molecule has 1 aromatic heterocycles. The van der Waals surface area contributed by atoms with Gasteiger partial charge >= 0.3 is 5.69 Å². The summed E-state index contributed by atoms with van der Waals surface area (Å²) in [7, 11) is 0. The van der Waals surface area contributed by atoms with Crippen LogP contribution in [-0.4, -0.2) is 34.6 Å². The number of pyridine rings is 1. The second-order valence-electron chi connectivity index (χ2n) is 5.80. The normalized spacial score (nSPS) is 27.6. The Balaban J connectivity index is 1.91. The molecule has 21 heavy (non-hydrogen) atoms. The van der Waals surface area contributed by atoms with E-state index >= 15 is 0 Å². The van der Waals surface area contributed by atoms with Crippen LogP contribution in [0.3, 0.4) is 0 Å². The molecule has 1 aromatic rings. The summed E-state index contributed by atoms with van der Waals surface area (Å²) >= 11 is 3.27. The number of nitrogens with one attached hydrogen (secondary N) is 1. The first kappa shape index (κ1) is 14.7. The van der Waals surface area contributed by atoms with Gasteiger partial charge in [0.25, 0.3) is 0 Å². The van der Waals surface area contributed by atoms with Crippen molar-refractivity contribution in [3.63, 3.8) is 0 Å². The van der Waals surface area contributed by atoms with Crippen LogP contribution in [0.15, 0.2) is 16.7 Å². The number of hydrogen-bond acceptors (Lipinski definition) is 5. The van der Waals surface area contributed by atoms with E-state index in [1.807, 2.05) is 6.92 Å². The second kappa shape index (κ2) is 5.88. The highest BCUT2D eigenvalue weighted by atomic mass is 79.9. The molecule has 2 aliphatic heterocycles. The van der Waals surface area contributed by atoms with Gasteiger partial charge < -0.3 is 10.2 Å². The van der Waals surface area contributed by atoms with Crippen LogP contribution in [0.4, 0.5) is 11.5 Å². The Morgan fingerprint density at radius 2 is 2.14 bits per heavy atom. The summed E-state index contributed by atoms with van der Waals surface area (Å²) < 4.78 is 0.638. The van der Waals surface area contributed by atoms with Gasteiger partial charge in [-0.2, -0.15) is 0 Å². The van der Waals surface area contributed by atoms with Crippen LogP contribution in [0.2, 0.25) is 0 Å². The van der Waals surface area contributed by atoms with Gasteiger partial charge in [0.15, 0.2) is 0 Å². The molecule has 2 atom stereocenters. The summed E-state index contributed by atoms with van der Waals surface area (Å²) in [6.07, 6.45) is 6.16. The van der Waals surface area contributed by atoms with Crippen molar-refractivity contribution >= 4 is 27.4 Å². The first-order valence-corrected chi connectivity index (χ1v) is 8.20. The van der Waals surface area contributed by atoms with Gasteiger partial charge in [0.1, 0.15) is 0 Å². The molecule has 3 heterocycles. The van der Waals surface area contributed by atoms with E-state index in [0.29, 0.717) is 28.4 Å². The number of nitro groups is 1. The van der Waals surface area contributed by atoms with E-state index in [-0.39, 0.29) is 10.6 Å². The third-order valence-corrected chi connectivity index (χ3v) is 4.95. The highest BCUT2D eigenvalue weighted by Crippen LogP contribution is 2.35. The summed E-state index contributed by atoms with van der Waals surface area (Å²) in [6, 6.07) is 2.98. The predicted molar refractivity (Wildman–Crippen MR) is 84.6 cm³/mol. The van der Waals surface area contributed by atoms with Crippen LogP contribution in [-0.2, 0) is 0 Å². The molecule has 0 amide bonds. The smallest absolute Gasteiger partial charge is 0.312 e. The fourth-order valence-corrected chi connectivity index (χ4v) is 3.96. The van der Waals surface area contributed by atoms with Crippen molar-refractivity contribution in [2.75, 3.05) is 11.4 Å². The average molecular weight is 355 g/mol. The van der Waals surface area contributed by atoms with Crippen LogP contribution >= 0.6 is 15.9 Å². The lowest BCUT2D eigenvalue weighted by Gasteiger charge is -2.37. The summed E-state index contributed by atoms with van der Waals surface area (Å²) in [6.45, 7) is 2.77. The maximum atomic E-state index is 11.3. The van der Waals surface area contributed by atoms with E-state index in [0.717, 1.165) is 19.4 Å². The average Bonchev–Trinajstić information content (AvgIpc) is 2.80. The molecule has 2 fully saturated rings. The molecule has 2 saturated heterocycles. The van der Waals surface area contributed by atoms with E-state index in [1.165, 1.54) is 12.8 Å². The molecular weight excluding hydrogens is 336 g/mol. The SMILES string of the molecule is CCN(c1ncc(Br)cc1[N+](=O)[O-])C1CC2CCC(C1)N2. The summed E-state index contributed by atoms with van der Waals surface area (Å²) in [4.78, 5) is 17.4. The molecule has 2 aliphatic rings. The molecule has 0 saturated carbocycles. The van der Waals surface area contributed by atoms with Crippen molar-refractivity contribution in [2.45, 2.75) is 50.7 Å². The molecule has 0 spiro atoms. The van der Waals surface area contributed by atoms with E-state index in [2.05, 4.69) is 31.1 Å². The van der Waals surface area contributed by atoms with Gasteiger partial charge in [0.2, 0.25) is 5.82 Å². The van der Waals surface area contributed by atoms with Gasteiger partial charge in [0, 0.05) is 41.4 Å². The zero-order valence-electron chi connectivity index (χ0n) is 12.0. The Morgan fingerprint density at radius 3 is 2.71 bits per heavy atom. The number of rotatable bonds is 4. The highest BCUT2D eigenvalue weighted by Gasteiger charge is 2.37. The zero-order chi connectivity index (χ0) is 15.0. The lowest BCUT2D eigenvalue weighted by Crippen LogP contribution is -2.48. The van der Waals surface area contributed by atoms with Crippen LogP contribution in [0.5, 0.6) is 0 Å². The first-order chi connectivity index (χ1) is 10.1. The Kier molecular flexibility index (Phi) is 4.12. The molecule has 6 nitrogen and oxygen atoms in total. The zero-order valence-corrected chi connectivity index (χ0v) is 13.5. The number of piperidine rings is 1. The van der Waals surface area contributed by atoms with Crippen LogP contribution in [0.25, 0.3) is 0 Å². The molecule has 7 heteroatoms. The fraction of sp³-hybridized carbons (Fsp3) is 0.643. The van der Waals surface area contributed by atoms with Crippen LogP contribution in [0, 0.1) is 10.1 Å². The van der Waals surface area contributed by atoms with Crippen molar-refractivity contribution in [1.82, 2.24) is 10.3 Å². The fourth-order valence-electron chi connectivity index (χ4n) is 3.64. The minimum absolute atomic E-state index is 0.0807. The summed E-state index contributed by atoms with van der Waals surface area (Å²) in [5, 5.41) is 14.9. The van der Waals surface area contributed by atoms with E-state index in [1.54, 1.807) is 12.3 Å². The van der Waals surface area contributed by atoms with E-state index in [9.17, 15) is 10.1 Å². The number of halogens is 1. The second-order valence-corrected chi connectivity index (χ2v) is 6.72. The quantitative estimate of drug-likeness (QED) is 0.664. The largest absolute Gasteiger partial charge is 0.348 e. The highest BCUT2D eigenvalue weighted by molar-refractivity contribution is 9.10. The Labute approximate surface area is 132 Å². The van der Waals surface area contributed by atoms with Gasteiger partial charge in [-0.25, -0.2) is 4.98 Å². The standard InChI is InChI=1S/C14H19BrN4O2/c1-2-18(12-6-10-3-4-11(7-12)17-10)14-13(19(20)21)5-9(15)8-16-14/h5,8,10-12,17H,2-4,6-7H2,1H3. The molecule has 3 rings (SSSR count). The number of anilines is 1. The topological polar surface area (TPSA) is 71.3 Å². The van der Waals surface area contributed by atoms with Gasteiger partial charge in [-0.05, 0) is 48.5 Å². The van der Waals surface area contributed by atoms with Crippen molar-refractivity contribution in [1.29, 1.82) is 0 Å². The Hall–Kier alpha value is -1.21. The number of fused-ring (bicyclic) bond motifs is 2. The monoisotopic (exact) mass is 354 g/mol. The van der Waals surface area contributed by atoms with Gasteiger partial charge in [-0.15, -0.1) is 0 Å². The molecule has 114 valence electrons. The van der Waals surface area contributed by atoms with Crippen molar-refractivity contribution in [3.05, 3.63) is 26.9 Å². The third kappa shape index (κ3) is 2.89. The van der Waals surface area contributed by atoms with Gasteiger partial charge in [-0.3, -0.25) is 10.1 Å². The summed E-state index contributed by atoms with van der Waals surface area (Å²) in [5.41, 5.74) is 0.0807. The molecule has 2 bridgehead atoms. The van der Waals surface area contributed by atoms with Crippen molar-refractivity contribution in [2.24, 2.45) is 0 Å². The number of aromatic nitrogens is 1. The molecule has 0 aromatic carbocycles. The lowest BCUT2D eigenvalue weighted by atomic mass is 9.98. The molecule has 1 N–H and O–H groups in total. The maximum Gasteiger partial charge on any atom is 0.312 e. The van der Waals surface area contributed by atoms with E-state index in [4.69, 9.17) is 0 Å². The van der Waals surface area contributed by atoms with Crippen LogP contribution < -0.4 is 10.2 Å². The third-order valence-electron chi connectivity index (χ3n) is 4.51. The molecule has 0 radical (unpaired) electrons. The van der Waals surface area contributed by atoms with Gasteiger partial charge in [-0.1, -0.05) is 0 Å². The molecular formula is C14H19BrN4O2. The lowest BCUT2D eigenvalue weighted by molar-refractivity contribution is -0.384. The van der Waals surface area contributed by atoms with Crippen molar-refractivity contribution < 1.29 is 4.92 Å². The predicted octanol–water partition coefficient (Wildman–Crippen LogP) is 2.86. The Morgan fingerprint density at radius 1 is 1.48 bits per heavy atom. The van der Waals surface area contributed by atoms with E-state index < -0.39 is 0 Å². The molecule has 0 aliphatic carbocycles. The van der Waals surface area contributed by atoms with Gasteiger partial charge in [0.05, 0.1) is 4.92 Å². The number of nitrogens with zero attached hydrogens (tertiary/aromatic N) is 3. The Bertz CT molecular complexity index is 542. The van der Waals surface area contributed by atoms with Crippen LogP contribution in [0.1, 0.15) is 32.6 Å². The molecule has 2 unspecified atom stereocenters. The summed E-state index contributed by atoms with van der Waals surface area (Å²) in [5.74, 6) is 0.497. The maximum absolute atomic E-state index is 11.3. The number of hydrogen-bond donors (Lipinski definition) is 1. The van der Waals surface area contributed by atoms with Crippen molar-refractivity contribution in [3.8, 4) is 0 Å². The minimum atomic E-state index is -0.342. The first-order valence-electron chi connectivity index (χ1n) is 7.41. The minimum Gasteiger partial charge on any atom is -0.348 e.